The summed E-state index contributed by atoms with van der Waals surface area (Å²) in [7, 11) is -2.98. The number of nitrogens with one attached hydrogen (secondary N) is 2. The number of sulfone groups is 1. The van der Waals surface area contributed by atoms with Gasteiger partial charge < -0.3 is 10.1 Å². The molecular weight excluding hydrogens is 344 g/mol. The molecule has 1 heterocycles. The summed E-state index contributed by atoms with van der Waals surface area (Å²) in [5, 5.41) is 4.49. The van der Waals surface area contributed by atoms with Crippen LogP contribution >= 0.6 is 11.8 Å². The first kappa shape index (κ1) is 19.8. The average molecular weight is 366 g/mol. The fraction of sp³-hybridized carbons (Fsp3) is 0.769. The van der Waals surface area contributed by atoms with Gasteiger partial charge in [0, 0.05) is 11.3 Å². The van der Waals surface area contributed by atoms with E-state index in [1.165, 1.54) is 11.8 Å². The largest absolute Gasteiger partial charge is 0.455 e. The lowest BCUT2D eigenvalue weighted by atomic mass is 10.3. The second-order valence-corrected chi connectivity index (χ2v) is 8.85. The maximum atomic E-state index is 11.5. The van der Waals surface area contributed by atoms with Gasteiger partial charge >= 0.3 is 12.0 Å². The molecule has 0 unspecified atom stereocenters. The lowest BCUT2D eigenvalue weighted by Crippen LogP contribution is -2.44. The summed E-state index contributed by atoms with van der Waals surface area (Å²) in [6.45, 7) is 3.14. The molecule has 0 aromatic carbocycles. The number of carbonyl (C=O) groups excluding carboxylic acids is 3. The van der Waals surface area contributed by atoms with Gasteiger partial charge in [-0.15, -0.1) is 11.8 Å². The van der Waals surface area contributed by atoms with Crippen molar-refractivity contribution in [2.75, 3.05) is 23.9 Å². The van der Waals surface area contributed by atoms with Crippen molar-refractivity contribution in [1.29, 1.82) is 0 Å². The fourth-order valence-corrected chi connectivity index (χ4v) is 5.23. The summed E-state index contributed by atoms with van der Waals surface area (Å²) < 4.78 is 27.3. The minimum Gasteiger partial charge on any atom is -0.455 e. The predicted octanol–water partition coefficient (Wildman–Crippen LogP) is 0.0742. The van der Waals surface area contributed by atoms with Crippen molar-refractivity contribution in [2.45, 2.75) is 38.0 Å². The van der Waals surface area contributed by atoms with Gasteiger partial charge in [0.2, 0.25) is 0 Å². The first-order valence-electron chi connectivity index (χ1n) is 7.30. The number of imide groups is 1. The first-order valence-corrected chi connectivity index (χ1v) is 10.2. The van der Waals surface area contributed by atoms with E-state index in [-0.39, 0.29) is 28.6 Å². The van der Waals surface area contributed by atoms with E-state index < -0.39 is 34.4 Å². The number of ether oxygens (including phenoxy) is 1. The van der Waals surface area contributed by atoms with Gasteiger partial charge in [-0.1, -0.05) is 6.92 Å². The molecule has 0 aliphatic carbocycles. The third-order valence-corrected chi connectivity index (χ3v) is 6.49. The van der Waals surface area contributed by atoms with Crippen LogP contribution in [0.3, 0.4) is 0 Å². The number of rotatable bonds is 7. The Balaban J connectivity index is 2.18. The minimum absolute atomic E-state index is 0.0213. The highest BCUT2D eigenvalue weighted by atomic mass is 32.2. The molecule has 23 heavy (non-hydrogen) atoms. The van der Waals surface area contributed by atoms with Crippen LogP contribution in [0.2, 0.25) is 0 Å². The smallest absolute Gasteiger partial charge is 0.321 e. The van der Waals surface area contributed by atoms with E-state index in [2.05, 4.69) is 10.6 Å². The summed E-state index contributed by atoms with van der Waals surface area (Å²) in [6, 6.07) is -0.699. The monoisotopic (exact) mass is 366 g/mol. The minimum atomic E-state index is -2.98. The van der Waals surface area contributed by atoms with Crippen molar-refractivity contribution in [3.63, 3.8) is 0 Å². The zero-order valence-electron chi connectivity index (χ0n) is 13.2. The van der Waals surface area contributed by atoms with Crippen LogP contribution in [-0.2, 0) is 24.2 Å². The predicted molar refractivity (Wildman–Crippen MR) is 86.9 cm³/mol. The van der Waals surface area contributed by atoms with Crippen molar-refractivity contribution in [1.82, 2.24) is 10.6 Å². The molecule has 0 radical (unpaired) electrons. The number of carbonyl (C=O) groups is 3. The van der Waals surface area contributed by atoms with Crippen LogP contribution in [0.1, 0.15) is 26.7 Å². The van der Waals surface area contributed by atoms with E-state index in [0.29, 0.717) is 6.42 Å². The number of hydrogen-bond donors (Lipinski definition) is 2. The Hall–Kier alpha value is -1.29. The summed E-state index contributed by atoms with van der Waals surface area (Å²) in [6.07, 6.45) is 1.25. The Morgan fingerprint density at radius 2 is 2.04 bits per heavy atom. The number of esters is 1. The van der Waals surface area contributed by atoms with Crippen LogP contribution in [0.5, 0.6) is 0 Å². The standard InChI is InChI=1S/C13H22N2O6S2/c1-3-9(2)14-13(18)15-11(16)6-21-12(17)7-22-10-4-5-23(19,20)8-10/h9-10H,3-8H2,1-2H3,(H2,14,15,16,18)/t9-,10-/m0/s1. The van der Waals surface area contributed by atoms with E-state index in [9.17, 15) is 22.8 Å². The fourth-order valence-electron chi connectivity index (χ4n) is 1.79. The quantitative estimate of drug-likeness (QED) is 0.612. The molecule has 1 fully saturated rings. The molecule has 8 nitrogen and oxygen atoms in total. The molecule has 1 rings (SSSR count). The Labute approximate surface area is 140 Å². The summed E-state index contributed by atoms with van der Waals surface area (Å²) in [4.78, 5) is 34.3. The highest BCUT2D eigenvalue weighted by Gasteiger charge is 2.28. The molecule has 0 spiro atoms. The van der Waals surface area contributed by atoms with Gasteiger partial charge in [0.15, 0.2) is 16.4 Å². The highest BCUT2D eigenvalue weighted by Crippen LogP contribution is 2.24. The van der Waals surface area contributed by atoms with E-state index in [1.54, 1.807) is 6.92 Å². The van der Waals surface area contributed by atoms with Crippen molar-refractivity contribution >= 4 is 39.5 Å². The Morgan fingerprint density at radius 3 is 2.61 bits per heavy atom. The van der Waals surface area contributed by atoms with Gasteiger partial charge in [-0.3, -0.25) is 14.9 Å². The summed E-state index contributed by atoms with van der Waals surface area (Å²) in [5.74, 6) is -1.13. The molecule has 3 amide bonds. The van der Waals surface area contributed by atoms with Crippen LogP contribution in [0, 0.1) is 0 Å². The highest BCUT2D eigenvalue weighted by molar-refractivity contribution is 8.02. The molecule has 132 valence electrons. The van der Waals surface area contributed by atoms with Crippen molar-refractivity contribution in [3.8, 4) is 0 Å². The molecular formula is C13H22N2O6S2. The third kappa shape index (κ3) is 8.21. The normalized spacial score (nSPS) is 20.5. The van der Waals surface area contributed by atoms with Crippen molar-refractivity contribution in [3.05, 3.63) is 0 Å². The van der Waals surface area contributed by atoms with Gasteiger partial charge in [-0.25, -0.2) is 13.2 Å². The lowest BCUT2D eigenvalue weighted by molar-refractivity contribution is -0.145. The number of hydrogen-bond acceptors (Lipinski definition) is 7. The van der Waals surface area contributed by atoms with Gasteiger partial charge in [-0.05, 0) is 19.8 Å². The van der Waals surface area contributed by atoms with Crippen LogP contribution in [0.15, 0.2) is 0 Å². The Kier molecular flexibility index (Phi) is 7.83. The second-order valence-electron chi connectivity index (χ2n) is 5.33. The molecule has 0 bridgehead atoms. The topological polar surface area (TPSA) is 119 Å². The van der Waals surface area contributed by atoms with E-state index in [1.807, 2.05) is 6.92 Å². The van der Waals surface area contributed by atoms with E-state index in [4.69, 9.17) is 4.74 Å². The molecule has 2 atom stereocenters. The Bertz CT molecular complexity index is 549. The van der Waals surface area contributed by atoms with Gasteiger partial charge in [0.1, 0.15) is 0 Å². The lowest BCUT2D eigenvalue weighted by Gasteiger charge is -2.12. The van der Waals surface area contributed by atoms with Crippen molar-refractivity contribution in [2.24, 2.45) is 0 Å². The second kappa shape index (κ2) is 9.11. The van der Waals surface area contributed by atoms with Gasteiger partial charge in [0.05, 0.1) is 17.3 Å². The molecule has 0 aromatic heterocycles. The average Bonchev–Trinajstić information content (AvgIpc) is 2.82. The molecule has 1 aliphatic heterocycles. The number of thioether (sulfide) groups is 1. The van der Waals surface area contributed by atoms with E-state index in [0.717, 1.165) is 6.42 Å². The van der Waals surface area contributed by atoms with E-state index >= 15 is 0 Å². The summed E-state index contributed by atoms with van der Waals surface area (Å²) in [5.41, 5.74) is 0. The summed E-state index contributed by atoms with van der Waals surface area (Å²) >= 11 is 1.21. The third-order valence-electron chi connectivity index (χ3n) is 3.23. The molecule has 10 heteroatoms. The van der Waals surface area contributed by atoms with Crippen LogP contribution in [-0.4, -0.2) is 61.5 Å². The molecule has 0 aromatic rings. The van der Waals surface area contributed by atoms with Gasteiger partial charge in [-0.2, -0.15) is 0 Å². The maximum absolute atomic E-state index is 11.5. The van der Waals surface area contributed by atoms with Crippen LogP contribution in [0.25, 0.3) is 0 Å². The first-order chi connectivity index (χ1) is 10.7. The molecule has 2 N–H and O–H groups in total. The van der Waals surface area contributed by atoms with Crippen LogP contribution in [0.4, 0.5) is 4.79 Å². The van der Waals surface area contributed by atoms with Crippen molar-refractivity contribution < 1.29 is 27.5 Å². The van der Waals surface area contributed by atoms with Crippen LogP contribution < -0.4 is 10.6 Å². The zero-order chi connectivity index (χ0) is 17.5. The number of urea groups is 1. The Morgan fingerprint density at radius 1 is 1.35 bits per heavy atom. The molecule has 1 aliphatic rings. The van der Waals surface area contributed by atoms with Gasteiger partial charge in [0.25, 0.3) is 5.91 Å². The molecule has 1 saturated heterocycles. The maximum Gasteiger partial charge on any atom is 0.321 e. The zero-order valence-corrected chi connectivity index (χ0v) is 14.8. The molecule has 0 saturated carbocycles. The number of amides is 3. The SMILES string of the molecule is CC[C@H](C)NC(=O)NC(=O)COC(=O)CS[C@H]1CCS(=O)(=O)C1.